The summed E-state index contributed by atoms with van der Waals surface area (Å²) in [6.07, 6.45) is 1.55. The minimum absolute atomic E-state index is 0. The molecule has 0 aliphatic heterocycles. The standard InChI is InChI=1S/C22H15N3O5.CH4/c26-21-19(12-3-14-2-1-13-23-20(14)21)22(27)24-15-4-8-17(9-5-15)30-18-10-6-16(7-11-18)25(28)29;/h1-13,26H,(H,24,27);1H4. The number of rotatable bonds is 5. The molecule has 31 heavy (non-hydrogen) atoms. The van der Waals surface area contributed by atoms with Crippen LogP contribution >= 0.6 is 0 Å². The average Bonchev–Trinajstić information content (AvgIpc) is 2.76. The maximum absolute atomic E-state index is 12.6. The first-order valence-electron chi connectivity index (χ1n) is 8.92. The van der Waals surface area contributed by atoms with Gasteiger partial charge in [-0.15, -0.1) is 0 Å². The van der Waals surface area contributed by atoms with E-state index in [1.54, 1.807) is 54.7 Å². The van der Waals surface area contributed by atoms with Crippen molar-refractivity contribution >= 4 is 28.2 Å². The second-order valence-corrected chi connectivity index (χ2v) is 6.37. The number of phenolic OH excluding ortho intramolecular Hbond substituents is 1. The Bertz CT molecular complexity index is 1240. The summed E-state index contributed by atoms with van der Waals surface area (Å²) in [6.45, 7) is 0. The zero-order valence-corrected chi connectivity index (χ0v) is 15.5. The lowest BCUT2D eigenvalue weighted by Gasteiger charge is -2.10. The van der Waals surface area contributed by atoms with E-state index in [0.717, 1.165) is 5.39 Å². The van der Waals surface area contributed by atoms with Gasteiger partial charge in [0.25, 0.3) is 11.6 Å². The third kappa shape index (κ3) is 4.59. The fourth-order valence-corrected chi connectivity index (χ4v) is 2.89. The number of nitro benzene ring substituents is 1. The third-order valence-corrected chi connectivity index (χ3v) is 4.39. The van der Waals surface area contributed by atoms with Crippen molar-refractivity contribution in [2.75, 3.05) is 5.32 Å². The van der Waals surface area contributed by atoms with Gasteiger partial charge in [0.2, 0.25) is 0 Å². The number of non-ortho nitro benzene ring substituents is 1. The topological polar surface area (TPSA) is 115 Å². The molecule has 4 aromatic rings. The number of phenols is 1. The Balaban J connectivity index is 0.00000272. The van der Waals surface area contributed by atoms with Crippen LogP contribution in [0.25, 0.3) is 10.9 Å². The normalized spacial score (nSPS) is 10.2. The van der Waals surface area contributed by atoms with E-state index in [1.807, 2.05) is 0 Å². The van der Waals surface area contributed by atoms with Crippen LogP contribution in [0.1, 0.15) is 17.8 Å². The summed E-state index contributed by atoms with van der Waals surface area (Å²) in [7, 11) is 0. The zero-order valence-electron chi connectivity index (χ0n) is 15.5. The number of carbonyl (C=O) groups is 1. The number of nitrogens with one attached hydrogen (secondary N) is 1. The lowest BCUT2D eigenvalue weighted by molar-refractivity contribution is -0.384. The zero-order chi connectivity index (χ0) is 21.1. The summed E-state index contributed by atoms with van der Waals surface area (Å²) in [5.74, 6) is 0.304. The predicted molar refractivity (Wildman–Crippen MR) is 118 cm³/mol. The molecule has 4 rings (SSSR count). The maximum Gasteiger partial charge on any atom is 0.269 e. The fourth-order valence-electron chi connectivity index (χ4n) is 2.89. The Hall–Kier alpha value is -4.46. The number of ether oxygens (including phenoxy) is 1. The summed E-state index contributed by atoms with van der Waals surface area (Å²) in [5, 5.41) is 24.5. The molecule has 0 fully saturated rings. The van der Waals surface area contributed by atoms with Crippen LogP contribution < -0.4 is 10.1 Å². The highest BCUT2D eigenvalue weighted by Crippen LogP contribution is 2.28. The van der Waals surface area contributed by atoms with E-state index in [9.17, 15) is 20.0 Å². The summed E-state index contributed by atoms with van der Waals surface area (Å²) in [6, 6.07) is 19.1. The van der Waals surface area contributed by atoms with Crippen LogP contribution in [0, 0.1) is 10.1 Å². The Labute approximate surface area is 177 Å². The average molecular weight is 417 g/mol. The van der Waals surface area contributed by atoms with Crippen molar-refractivity contribution in [2.24, 2.45) is 0 Å². The molecule has 1 amide bonds. The molecule has 0 spiro atoms. The van der Waals surface area contributed by atoms with Crippen LogP contribution in [-0.2, 0) is 0 Å². The van der Waals surface area contributed by atoms with Gasteiger partial charge in [0.05, 0.1) is 10.5 Å². The van der Waals surface area contributed by atoms with Gasteiger partial charge in [0.1, 0.15) is 17.0 Å². The van der Waals surface area contributed by atoms with Crippen molar-refractivity contribution in [2.45, 2.75) is 7.43 Å². The van der Waals surface area contributed by atoms with Crippen LogP contribution in [-0.4, -0.2) is 20.9 Å². The SMILES string of the molecule is C.O=C(Nc1ccc(Oc2ccc([N+](=O)[O-])cc2)cc1)c1ccc2cccnc2c1O. The first-order chi connectivity index (χ1) is 14.5. The van der Waals surface area contributed by atoms with Crippen molar-refractivity contribution in [1.82, 2.24) is 4.98 Å². The number of amides is 1. The van der Waals surface area contributed by atoms with Gasteiger partial charge < -0.3 is 15.2 Å². The van der Waals surface area contributed by atoms with E-state index < -0.39 is 10.8 Å². The molecular formula is C23H19N3O5. The first-order valence-corrected chi connectivity index (χ1v) is 8.92. The highest BCUT2D eigenvalue weighted by atomic mass is 16.6. The van der Waals surface area contributed by atoms with E-state index in [0.29, 0.717) is 22.7 Å². The Morgan fingerprint density at radius 3 is 2.26 bits per heavy atom. The molecule has 8 heteroatoms. The molecule has 0 atom stereocenters. The molecule has 3 aromatic carbocycles. The van der Waals surface area contributed by atoms with Crippen LogP contribution in [0.5, 0.6) is 17.2 Å². The smallest absolute Gasteiger partial charge is 0.269 e. The minimum Gasteiger partial charge on any atom is -0.505 e. The van der Waals surface area contributed by atoms with Crippen LogP contribution in [0.3, 0.4) is 0 Å². The summed E-state index contributed by atoms with van der Waals surface area (Å²) < 4.78 is 5.64. The Kier molecular flexibility index (Phi) is 6.11. The van der Waals surface area contributed by atoms with Gasteiger partial charge in [0.15, 0.2) is 5.75 Å². The number of hydrogen-bond acceptors (Lipinski definition) is 6. The molecule has 2 N–H and O–H groups in total. The monoisotopic (exact) mass is 417 g/mol. The van der Waals surface area contributed by atoms with Gasteiger partial charge in [-0.1, -0.05) is 19.6 Å². The van der Waals surface area contributed by atoms with E-state index in [-0.39, 0.29) is 24.4 Å². The molecular weight excluding hydrogens is 398 g/mol. The van der Waals surface area contributed by atoms with Crippen molar-refractivity contribution < 1.29 is 19.6 Å². The Morgan fingerprint density at radius 1 is 0.968 bits per heavy atom. The number of nitro groups is 1. The molecule has 0 aliphatic rings. The Morgan fingerprint density at radius 2 is 1.61 bits per heavy atom. The van der Waals surface area contributed by atoms with Crippen molar-refractivity contribution in [3.05, 3.63) is 94.7 Å². The van der Waals surface area contributed by atoms with Crippen LogP contribution in [0.15, 0.2) is 79.0 Å². The second kappa shape index (κ2) is 8.91. The number of aromatic nitrogens is 1. The minimum atomic E-state index is -0.481. The quantitative estimate of drug-likeness (QED) is 0.326. The molecule has 8 nitrogen and oxygen atoms in total. The molecule has 0 unspecified atom stereocenters. The summed E-state index contributed by atoms with van der Waals surface area (Å²) in [4.78, 5) is 26.9. The predicted octanol–water partition coefficient (Wildman–Crippen LogP) is 5.53. The van der Waals surface area contributed by atoms with Crippen molar-refractivity contribution in [1.29, 1.82) is 0 Å². The molecule has 1 heterocycles. The molecule has 0 saturated heterocycles. The summed E-state index contributed by atoms with van der Waals surface area (Å²) >= 11 is 0. The largest absolute Gasteiger partial charge is 0.505 e. The third-order valence-electron chi connectivity index (χ3n) is 4.39. The van der Waals surface area contributed by atoms with Gasteiger partial charge in [-0.3, -0.25) is 19.9 Å². The molecule has 1 aromatic heterocycles. The maximum atomic E-state index is 12.6. The molecule has 0 saturated carbocycles. The number of benzene rings is 3. The molecule has 0 bridgehead atoms. The summed E-state index contributed by atoms with van der Waals surface area (Å²) in [5.41, 5.74) is 0.966. The lowest BCUT2D eigenvalue weighted by Crippen LogP contribution is -2.12. The number of nitrogens with zero attached hydrogens (tertiary/aromatic N) is 2. The second-order valence-electron chi connectivity index (χ2n) is 6.37. The van der Waals surface area contributed by atoms with Gasteiger partial charge >= 0.3 is 0 Å². The van der Waals surface area contributed by atoms with E-state index in [1.165, 1.54) is 24.3 Å². The van der Waals surface area contributed by atoms with Gasteiger partial charge in [0, 0.05) is 29.4 Å². The number of hydrogen-bond donors (Lipinski definition) is 2. The number of carbonyl (C=O) groups excluding carboxylic acids is 1. The van der Waals surface area contributed by atoms with Crippen molar-refractivity contribution in [3.63, 3.8) is 0 Å². The molecule has 156 valence electrons. The number of pyridine rings is 1. The fraction of sp³-hybridized carbons (Fsp3) is 0.0435. The van der Waals surface area contributed by atoms with Gasteiger partial charge in [-0.25, -0.2) is 0 Å². The van der Waals surface area contributed by atoms with Gasteiger partial charge in [-0.2, -0.15) is 0 Å². The van der Waals surface area contributed by atoms with Crippen LogP contribution in [0.2, 0.25) is 0 Å². The van der Waals surface area contributed by atoms with Crippen molar-refractivity contribution in [3.8, 4) is 17.2 Å². The van der Waals surface area contributed by atoms with E-state index >= 15 is 0 Å². The van der Waals surface area contributed by atoms with Gasteiger partial charge in [-0.05, 0) is 48.5 Å². The number of anilines is 1. The highest BCUT2D eigenvalue weighted by Gasteiger charge is 2.15. The van der Waals surface area contributed by atoms with E-state index in [4.69, 9.17) is 4.74 Å². The molecule has 0 radical (unpaired) electrons. The highest BCUT2D eigenvalue weighted by molar-refractivity contribution is 6.09. The number of aromatic hydroxyl groups is 1. The van der Waals surface area contributed by atoms with Crippen LogP contribution in [0.4, 0.5) is 11.4 Å². The van der Waals surface area contributed by atoms with E-state index in [2.05, 4.69) is 10.3 Å². The number of fused-ring (bicyclic) bond motifs is 1. The lowest BCUT2D eigenvalue weighted by atomic mass is 10.1. The first kappa shape index (κ1) is 21.3. The molecule has 0 aliphatic carbocycles.